The molecule has 2 atom stereocenters. The first-order valence-electron chi connectivity index (χ1n) is 11.0. The molecule has 190 valence electrons. The Hall–Kier alpha value is -2.77. The number of fused-ring (bicyclic) bond motifs is 1. The van der Waals surface area contributed by atoms with Crippen molar-refractivity contribution in [2.24, 2.45) is 4.99 Å². The minimum atomic E-state index is -2.85. The molecule has 36 heavy (non-hydrogen) atoms. The highest BCUT2D eigenvalue weighted by Gasteiger charge is 2.47. The maximum atomic E-state index is 13.9. The third kappa shape index (κ3) is 4.66. The van der Waals surface area contributed by atoms with Crippen LogP contribution in [0.2, 0.25) is 5.02 Å². The van der Waals surface area contributed by atoms with Crippen molar-refractivity contribution in [1.29, 1.82) is 0 Å². The van der Waals surface area contributed by atoms with Gasteiger partial charge in [0.1, 0.15) is 17.5 Å². The Morgan fingerprint density at radius 1 is 1.31 bits per heavy atom. The fourth-order valence-electron chi connectivity index (χ4n) is 4.46. The lowest BCUT2D eigenvalue weighted by Crippen LogP contribution is -2.40. The molecule has 0 bridgehead atoms. The van der Waals surface area contributed by atoms with Gasteiger partial charge in [-0.2, -0.15) is 13.9 Å². The number of halogens is 4. The minimum Gasteiger partial charge on any atom is -0.394 e. The van der Waals surface area contributed by atoms with Gasteiger partial charge in [0, 0.05) is 46.1 Å². The van der Waals surface area contributed by atoms with E-state index >= 15 is 0 Å². The summed E-state index contributed by atoms with van der Waals surface area (Å²) < 4.78 is 46.6. The molecule has 1 aromatic carbocycles. The average Bonchev–Trinajstić information content (AvgIpc) is 3.58. The molecule has 1 saturated heterocycles. The Morgan fingerprint density at radius 2 is 2.14 bits per heavy atom. The van der Waals surface area contributed by atoms with E-state index < -0.39 is 24.0 Å². The van der Waals surface area contributed by atoms with Gasteiger partial charge in [-0.05, 0) is 18.2 Å². The van der Waals surface area contributed by atoms with E-state index in [1.165, 1.54) is 29.5 Å². The fourth-order valence-corrected chi connectivity index (χ4v) is 5.38. The third-order valence-corrected chi connectivity index (χ3v) is 7.03. The van der Waals surface area contributed by atoms with Crippen LogP contribution in [0.25, 0.3) is 5.57 Å². The van der Waals surface area contributed by atoms with E-state index in [2.05, 4.69) is 10.1 Å². The smallest absolute Gasteiger partial charge is 0.333 e. The largest absolute Gasteiger partial charge is 0.394 e. The number of hydrogen-bond acceptors (Lipinski definition) is 8. The number of nitrogens with zero attached hydrogens (tertiary/aromatic N) is 5. The number of amidine groups is 1. The predicted molar refractivity (Wildman–Crippen MR) is 127 cm³/mol. The summed E-state index contributed by atoms with van der Waals surface area (Å²) in [4.78, 5) is 11.1. The molecule has 2 aromatic heterocycles. The van der Waals surface area contributed by atoms with Gasteiger partial charge in [0.15, 0.2) is 10.8 Å². The zero-order valence-corrected chi connectivity index (χ0v) is 20.3. The molecule has 3 aromatic rings. The van der Waals surface area contributed by atoms with E-state index in [0.717, 1.165) is 12.3 Å². The summed E-state index contributed by atoms with van der Waals surface area (Å²) in [5, 5.41) is 27.0. The lowest BCUT2D eigenvalue weighted by atomic mass is 9.91. The first-order valence-corrected chi connectivity index (χ1v) is 12.2. The molecule has 8 nitrogen and oxygen atoms in total. The summed E-state index contributed by atoms with van der Waals surface area (Å²) in [5.74, 6) is -0.0710. The minimum absolute atomic E-state index is 0.0498. The van der Waals surface area contributed by atoms with Crippen LogP contribution in [0.15, 0.2) is 52.7 Å². The molecule has 2 aliphatic heterocycles. The Kier molecular flexibility index (Phi) is 6.88. The van der Waals surface area contributed by atoms with Crippen molar-refractivity contribution in [2.75, 3.05) is 26.4 Å². The van der Waals surface area contributed by atoms with Crippen molar-refractivity contribution < 1.29 is 28.1 Å². The lowest BCUT2D eigenvalue weighted by Gasteiger charge is -2.32. The zero-order valence-electron chi connectivity index (χ0n) is 18.7. The summed E-state index contributed by atoms with van der Waals surface area (Å²) in [6, 6.07) is 4.53. The number of rotatable bonds is 8. The molecule has 2 N–H and O–H groups in total. The highest BCUT2D eigenvalue weighted by molar-refractivity contribution is 7.11. The molecule has 5 rings (SSSR count). The topological polar surface area (TPSA) is 96.0 Å². The summed E-state index contributed by atoms with van der Waals surface area (Å²) in [6.45, 7) is -2.97. The molecule has 0 amide bonds. The predicted octanol–water partition coefficient (Wildman–Crippen LogP) is 3.89. The third-order valence-electron chi connectivity index (χ3n) is 5.94. The van der Waals surface area contributed by atoms with Gasteiger partial charge >= 0.3 is 6.55 Å². The second-order valence-electron chi connectivity index (χ2n) is 8.44. The molecular weight excluding hydrogens is 519 g/mol. The van der Waals surface area contributed by atoms with Crippen LogP contribution in [0.5, 0.6) is 0 Å². The summed E-state index contributed by atoms with van der Waals surface area (Å²) in [6.07, 6.45) is 2.88. The molecule has 13 heteroatoms. The highest BCUT2D eigenvalue weighted by Crippen LogP contribution is 2.48. The first-order chi connectivity index (χ1) is 17.3. The Morgan fingerprint density at radius 3 is 2.81 bits per heavy atom. The van der Waals surface area contributed by atoms with Crippen LogP contribution in [0.4, 0.5) is 13.2 Å². The molecule has 2 aliphatic rings. The van der Waals surface area contributed by atoms with E-state index in [4.69, 9.17) is 26.4 Å². The van der Waals surface area contributed by atoms with Gasteiger partial charge in [0.25, 0.3) is 0 Å². The Bertz CT molecular complexity index is 1320. The van der Waals surface area contributed by atoms with Crippen molar-refractivity contribution in [3.8, 4) is 0 Å². The number of alkyl halides is 2. The van der Waals surface area contributed by atoms with Gasteiger partial charge in [-0.25, -0.2) is 14.1 Å². The second-order valence-corrected chi connectivity index (χ2v) is 9.74. The molecule has 0 unspecified atom stereocenters. The Balaban J connectivity index is 1.69. The van der Waals surface area contributed by atoms with Gasteiger partial charge in [-0.15, -0.1) is 11.3 Å². The molecule has 0 saturated carbocycles. The molecule has 1 fully saturated rings. The van der Waals surface area contributed by atoms with Crippen LogP contribution in [-0.4, -0.2) is 67.7 Å². The molecular formula is C23H21ClF3N5O3S. The molecule has 4 heterocycles. The normalized spacial score (nSPS) is 21.9. The number of aromatic nitrogens is 3. The second kappa shape index (κ2) is 9.94. The number of aliphatic imine (C=N–C) groups is 1. The van der Waals surface area contributed by atoms with Crippen LogP contribution in [0, 0.1) is 5.82 Å². The van der Waals surface area contributed by atoms with Gasteiger partial charge in [0.05, 0.1) is 32.1 Å². The zero-order chi connectivity index (χ0) is 25.4. The Labute approximate surface area is 212 Å². The SMILES string of the molecule is OCCOC[C@]1(O)CC2=C(c3ccn(C(F)F)n3)[C@H](c3ccc(F)cc3Cl)N=C(c3nccs3)N2C1. The van der Waals surface area contributed by atoms with Gasteiger partial charge in [-0.1, -0.05) is 17.7 Å². The quantitative estimate of drug-likeness (QED) is 0.422. The van der Waals surface area contributed by atoms with E-state index in [1.807, 2.05) is 0 Å². The maximum absolute atomic E-state index is 13.9. The van der Waals surface area contributed by atoms with Gasteiger partial charge < -0.3 is 19.8 Å². The number of thiazole rings is 1. The first kappa shape index (κ1) is 24.9. The van der Waals surface area contributed by atoms with Crippen molar-refractivity contribution in [2.45, 2.75) is 24.6 Å². The van der Waals surface area contributed by atoms with Crippen LogP contribution in [0.3, 0.4) is 0 Å². The standard InChI is InChI=1S/C23H21ClF3N5O3S/c24-15-9-13(25)1-2-14(15)19-18(16-3-5-32(30-16)22(26)27)17-10-23(34,12-35-7-6-33)11-31(17)20(29-19)21-28-4-8-36-21/h1-5,8-9,19,22,33-34H,6-7,10-12H2/t19-,23-/m0/s1. The van der Waals surface area contributed by atoms with Crippen LogP contribution in [-0.2, 0) is 4.74 Å². The number of aliphatic hydroxyl groups excluding tert-OH is 1. The number of ether oxygens (including phenoxy) is 1. The lowest BCUT2D eigenvalue weighted by molar-refractivity contribution is -0.0421. The average molecular weight is 540 g/mol. The number of benzene rings is 1. The van der Waals surface area contributed by atoms with Crippen molar-refractivity contribution in [1.82, 2.24) is 19.7 Å². The number of aliphatic hydroxyl groups is 2. The van der Waals surface area contributed by atoms with E-state index in [0.29, 0.717) is 32.4 Å². The monoisotopic (exact) mass is 539 g/mol. The summed E-state index contributed by atoms with van der Waals surface area (Å²) >= 11 is 7.78. The van der Waals surface area contributed by atoms with Crippen LogP contribution in [0.1, 0.15) is 35.3 Å². The van der Waals surface area contributed by atoms with Gasteiger partial charge in [-0.3, -0.25) is 4.99 Å². The van der Waals surface area contributed by atoms with Gasteiger partial charge in [0.2, 0.25) is 0 Å². The number of hydrogen-bond donors (Lipinski definition) is 2. The van der Waals surface area contributed by atoms with Crippen LogP contribution < -0.4 is 0 Å². The fraction of sp³-hybridized carbons (Fsp3) is 0.348. The summed E-state index contributed by atoms with van der Waals surface area (Å²) in [7, 11) is 0. The van der Waals surface area contributed by atoms with Crippen molar-refractivity contribution in [3.63, 3.8) is 0 Å². The molecule has 0 radical (unpaired) electrons. The van der Waals surface area contributed by atoms with Crippen LogP contribution >= 0.6 is 22.9 Å². The van der Waals surface area contributed by atoms with Crippen molar-refractivity contribution in [3.05, 3.63) is 74.8 Å². The highest BCUT2D eigenvalue weighted by atomic mass is 35.5. The van der Waals surface area contributed by atoms with E-state index in [1.54, 1.807) is 16.5 Å². The van der Waals surface area contributed by atoms with E-state index in [9.17, 15) is 18.3 Å². The van der Waals surface area contributed by atoms with Crippen molar-refractivity contribution >= 4 is 34.3 Å². The maximum Gasteiger partial charge on any atom is 0.333 e. The molecule has 0 spiro atoms. The molecule has 0 aliphatic carbocycles. The summed E-state index contributed by atoms with van der Waals surface area (Å²) in [5.41, 5.74) is 0.369. The van der Waals surface area contributed by atoms with E-state index in [-0.39, 0.29) is 43.5 Å².